The maximum absolute atomic E-state index is 12.8. The Kier molecular flexibility index (Phi) is 7.49. The fourth-order valence-corrected chi connectivity index (χ4v) is 5.58. The summed E-state index contributed by atoms with van der Waals surface area (Å²) in [5.74, 6) is -0.673. The van der Waals surface area contributed by atoms with Gasteiger partial charge in [0.1, 0.15) is 0 Å². The van der Waals surface area contributed by atoms with Crippen molar-refractivity contribution in [3.05, 3.63) is 71.3 Å². The molecular weight excluding hydrogens is 414 g/mol. The first-order chi connectivity index (χ1) is 14.7. The van der Waals surface area contributed by atoms with Crippen LogP contribution in [0.5, 0.6) is 0 Å². The molecule has 166 valence electrons. The fraction of sp³-hybridized carbons (Fsp3) is 0.417. The molecule has 1 amide bonds. The number of hydrogen-bond donors (Lipinski definition) is 0. The van der Waals surface area contributed by atoms with Crippen LogP contribution in [-0.4, -0.2) is 55.9 Å². The standard InChI is InChI=1S/C24H29NO5S/c1-18(2)15-25(21-12-13-31(28,29)17-21)23(26)16-30-24(27)22-11-7-6-10-20(22)14-19-8-4-3-5-9-19/h3-11,18,21H,12-17H2,1-2H3. The molecular formula is C24H29NO5S. The molecule has 2 aromatic carbocycles. The van der Waals surface area contributed by atoms with Gasteiger partial charge in [0.25, 0.3) is 5.91 Å². The van der Waals surface area contributed by atoms with E-state index in [9.17, 15) is 18.0 Å². The molecule has 1 fully saturated rings. The first-order valence-corrected chi connectivity index (χ1v) is 12.4. The number of carbonyl (C=O) groups excluding carboxylic acids is 2. The highest BCUT2D eigenvalue weighted by atomic mass is 32.2. The van der Waals surface area contributed by atoms with Crippen LogP contribution >= 0.6 is 0 Å². The molecule has 0 saturated carbocycles. The molecule has 1 unspecified atom stereocenters. The Bertz CT molecular complexity index is 1020. The molecule has 3 rings (SSSR count). The minimum absolute atomic E-state index is 0.0285. The summed E-state index contributed by atoms with van der Waals surface area (Å²) in [5.41, 5.74) is 2.33. The van der Waals surface area contributed by atoms with Gasteiger partial charge < -0.3 is 9.64 Å². The molecule has 1 atom stereocenters. The Morgan fingerprint density at radius 3 is 2.39 bits per heavy atom. The number of hydrogen-bond acceptors (Lipinski definition) is 5. The summed E-state index contributed by atoms with van der Waals surface area (Å²) in [4.78, 5) is 27.2. The van der Waals surface area contributed by atoms with Crippen molar-refractivity contribution in [3.8, 4) is 0 Å². The Morgan fingerprint density at radius 2 is 1.74 bits per heavy atom. The molecule has 1 aliphatic rings. The van der Waals surface area contributed by atoms with E-state index in [2.05, 4.69) is 0 Å². The van der Waals surface area contributed by atoms with Gasteiger partial charge in [0, 0.05) is 12.6 Å². The minimum atomic E-state index is -3.12. The SMILES string of the molecule is CC(C)CN(C(=O)COC(=O)c1ccccc1Cc1ccccc1)C1CCS(=O)(=O)C1. The lowest BCUT2D eigenvalue weighted by molar-refractivity contribution is -0.137. The lowest BCUT2D eigenvalue weighted by Gasteiger charge is -2.29. The van der Waals surface area contributed by atoms with Gasteiger partial charge in [-0.2, -0.15) is 0 Å². The van der Waals surface area contributed by atoms with Crippen molar-refractivity contribution in [1.29, 1.82) is 0 Å². The van der Waals surface area contributed by atoms with Gasteiger partial charge in [-0.25, -0.2) is 13.2 Å². The van der Waals surface area contributed by atoms with E-state index < -0.39 is 22.4 Å². The highest BCUT2D eigenvalue weighted by molar-refractivity contribution is 7.91. The quantitative estimate of drug-likeness (QED) is 0.586. The number of carbonyl (C=O) groups is 2. The van der Waals surface area contributed by atoms with Crippen molar-refractivity contribution in [1.82, 2.24) is 4.90 Å². The van der Waals surface area contributed by atoms with Gasteiger partial charge in [0.05, 0.1) is 17.1 Å². The van der Waals surface area contributed by atoms with E-state index in [0.717, 1.165) is 11.1 Å². The topological polar surface area (TPSA) is 80.8 Å². The highest BCUT2D eigenvalue weighted by Crippen LogP contribution is 2.20. The van der Waals surface area contributed by atoms with Crippen molar-refractivity contribution in [2.75, 3.05) is 24.7 Å². The van der Waals surface area contributed by atoms with E-state index in [-0.39, 0.29) is 29.4 Å². The average Bonchev–Trinajstić information content (AvgIpc) is 3.10. The Balaban J connectivity index is 1.67. The average molecular weight is 444 g/mol. The van der Waals surface area contributed by atoms with Crippen molar-refractivity contribution in [2.45, 2.75) is 32.7 Å². The molecule has 0 radical (unpaired) electrons. The summed E-state index contributed by atoms with van der Waals surface area (Å²) >= 11 is 0. The Hall–Kier alpha value is -2.67. The largest absolute Gasteiger partial charge is 0.452 e. The van der Waals surface area contributed by atoms with Gasteiger partial charge in [-0.1, -0.05) is 62.4 Å². The summed E-state index contributed by atoms with van der Waals surface area (Å²) in [6, 6.07) is 16.7. The summed E-state index contributed by atoms with van der Waals surface area (Å²) in [6.45, 7) is 3.97. The number of ether oxygens (including phenoxy) is 1. The van der Waals surface area contributed by atoms with Crippen molar-refractivity contribution < 1.29 is 22.7 Å². The van der Waals surface area contributed by atoms with Crippen LogP contribution in [-0.2, 0) is 25.8 Å². The van der Waals surface area contributed by atoms with Gasteiger partial charge in [-0.15, -0.1) is 0 Å². The van der Waals surface area contributed by atoms with E-state index in [1.165, 1.54) is 0 Å². The predicted octanol–water partition coefficient (Wildman–Crippen LogP) is 3.11. The van der Waals surface area contributed by atoms with Crippen LogP contribution in [0, 0.1) is 5.92 Å². The molecule has 0 N–H and O–H groups in total. The lowest BCUT2D eigenvalue weighted by Crippen LogP contribution is -2.45. The first-order valence-electron chi connectivity index (χ1n) is 10.5. The summed E-state index contributed by atoms with van der Waals surface area (Å²) in [7, 11) is -3.12. The van der Waals surface area contributed by atoms with Crippen LogP contribution in [0.1, 0.15) is 41.8 Å². The zero-order valence-electron chi connectivity index (χ0n) is 18.0. The third-order valence-corrected chi connectivity index (χ3v) is 7.08. The van der Waals surface area contributed by atoms with Crippen molar-refractivity contribution in [2.24, 2.45) is 5.92 Å². The maximum atomic E-state index is 12.8. The Labute approximate surface area is 184 Å². The van der Waals surface area contributed by atoms with Gasteiger partial charge >= 0.3 is 5.97 Å². The van der Waals surface area contributed by atoms with Gasteiger partial charge in [0.2, 0.25) is 0 Å². The normalized spacial score (nSPS) is 17.5. The molecule has 1 saturated heterocycles. The minimum Gasteiger partial charge on any atom is -0.452 e. The molecule has 0 spiro atoms. The lowest BCUT2D eigenvalue weighted by atomic mass is 10.00. The van der Waals surface area contributed by atoms with Gasteiger partial charge in [0.15, 0.2) is 16.4 Å². The molecule has 2 aromatic rings. The fourth-order valence-electron chi connectivity index (χ4n) is 3.85. The molecule has 6 nitrogen and oxygen atoms in total. The number of benzene rings is 2. The second-order valence-electron chi connectivity index (χ2n) is 8.39. The number of esters is 1. The first kappa shape index (κ1) is 23.0. The summed E-state index contributed by atoms with van der Waals surface area (Å²) < 4.78 is 29.1. The molecule has 1 aliphatic heterocycles. The number of nitrogens with zero attached hydrogens (tertiary/aromatic N) is 1. The molecule has 31 heavy (non-hydrogen) atoms. The van der Waals surface area contributed by atoms with E-state index in [1.54, 1.807) is 17.0 Å². The number of sulfone groups is 1. The summed E-state index contributed by atoms with van der Waals surface area (Å²) in [6.07, 6.45) is 1.01. The molecule has 0 bridgehead atoms. The third-order valence-electron chi connectivity index (χ3n) is 5.33. The van der Waals surface area contributed by atoms with E-state index in [0.29, 0.717) is 24.9 Å². The van der Waals surface area contributed by atoms with E-state index in [1.807, 2.05) is 56.3 Å². The van der Waals surface area contributed by atoms with Crippen LogP contribution in [0.15, 0.2) is 54.6 Å². The van der Waals surface area contributed by atoms with Gasteiger partial charge in [-0.3, -0.25) is 4.79 Å². The van der Waals surface area contributed by atoms with Crippen molar-refractivity contribution in [3.63, 3.8) is 0 Å². The molecule has 0 aromatic heterocycles. The second-order valence-corrected chi connectivity index (χ2v) is 10.6. The monoisotopic (exact) mass is 443 g/mol. The zero-order chi connectivity index (χ0) is 22.4. The summed E-state index contributed by atoms with van der Waals surface area (Å²) in [5, 5.41) is 0. The molecule has 7 heteroatoms. The van der Waals surface area contributed by atoms with Crippen LogP contribution in [0.3, 0.4) is 0 Å². The van der Waals surface area contributed by atoms with Crippen LogP contribution in [0.4, 0.5) is 0 Å². The van der Waals surface area contributed by atoms with Crippen LogP contribution in [0.2, 0.25) is 0 Å². The number of rotatable bonds is 8. The number of amides is 1. The predicted molar refractivity (Wildman–Crippen MR) is 120 cm³/mol. The second kappa shape index (κ2) is 10.1. The molecule has 0 aliphatic carbocycles. The highest BCUT2D eigenvalue weighted by Gasteiger charge is 2.35. The van der Waals surface area contributed by atoms with Crippen LogP contribution in [0.25, 0.3) is 0 Å². The Morgan fingerprint density at radius 1 is 1.06 bits per heavy atom. The van der Waals surface area contributed by atoms with E-state index >= 15 is 0 Å². The molecule has 1 heterocycles. The van der Waals surface area contributed by atoms with Gasteiger partial charge in [-0.05, 0) is 36.0 Å². The van der Waals surface area contributed by atoms with Crippen molar-refractivity contribution >= 4 is 21.7 Å². The smallest absolute Gasteiger partial charge is 0.338 e. The maximum Gasteiger partial charge on any atom is 0.338 e. The third kappa shape index (κ3) is 6.40. The van der Waals surface area contributed by atoms with Crippen LogP contribution < -0.4 is 0 Å². The zero-order valence-corrected chi connectivity index (χ0v) is 18.8. The van der Waals surface area contributed by atoms with E-state index in [4.69, 9.17) is 4.74 Å².